The van der Waals surface area contributed by atoms with E-state index in [1.807, 2.05) is 24.4 Å². The molecule has 0 aliphatic heterocycles. The number of carbonyl (C=O) groups is 1. The summed E-state index contributed by atoms with van der Waals surface area (Å²) in [4.78, 5) is 29.6. The summed E-state index contributed by atoms with van der Waals surface area (Å²) in [6.07, 6.45) is 2.84. The predicted molar refractivity (Wildman–Crippen MR) is 83.6 cm³/mol. The van der Waals surface area contributed by atoms with Gasteiger partial charge in [-0.1, -0.05) is 6.07 Å². The standard InChI is InChI=1S/C14H15N5O2S/c1-9(11-4-3-5-22-11)17-12(20)7-19-8-15-13-10(14(19)21)6-16-18(13)2/h3-6,8-9H,7H2,1-2H3,(H,17,20)/t9-/m1/s1. The van der Waals surface area contributed by atoms with Gasteiger partial charge in [-0.05, 0) is 18.4 Å². The van der Waals surface area contributed by atoms with E-state index in [0.717, 1.165) is 4.88 Å². The van der Waals surface area contributed by atoms with Gasteiger partial charge in [-0.3, -0.25) is 18.8 Å². The highest BCUT2D eigenvalue weighted by atomic mass is 32.1. The molecule has 0 spiro atoms. The SMILES string of the molecule is C[C@@H](NC(=O)Cn1cnc2c(cnn2C)c1=O)c1cccs1. The molecule has 0 unspecified atom stereocenters. The maximum atomic E-state index is 12.3. The first kappa shape index (κ1) is 14.5. The predicted octanol–water partition coefficient (Wildman–Crippen LogP) is 1.07. The van der Waals surface area contributed by atoms with Crippen molar-refractivity contribution >= 4 is 28.3 Å². The van der Waals surface area contributed by atoms with E-state index in [1.54, 1.807) is 18.4 Å². The van der Waals surface area contributed by atoms with Crippen LogP contribution < -0.4 is 10.9 Å². The molecule has 0 saturated carbocycles. The van der Waals surface area contributed by atoms with Crippen molar-refractivity contribution < 1.29 is 4.79 Å². The Hall–Kier alpha value is -2.48. The Bertz CT molecular complexity index is 865. The largest absolute Gasteiger partial charge is 0.347 e. The van der Waals surface area contributed by atoms with Gasteiger partial charge in [0.2, 0.25) is 5.91 Å². The maximum Gasteiger partial charge on any atom is 0.264 e. The number of aromatic nitrogens is 4. The zero-order chi connectivity index (χ0) is 15.7. The van der Waals surface area contributed by atoms with E-state index in [1.165, 1.54) is 21.8 Å². The van der Waals surface area contributed by atoms with Crippen molar-refractivity contribution in [3.8, 4) is 0 Å². The molecule has 7 nitrogen and oxygen atoms in total. The molecule has 114 valence electrons. The third-order valence-corrected chi connectivity index (χ3v) is 4.43. The molecule has 3 aromatic heterocycles. The number of fused-ring (bicyclic) bond motifs is 1. The third-order valence-electron chi connectivity index (χ3n) is 3.38. The Morgan fingerprint density at radius 3 is 3.05 bits per heavy atom. The Kier molecular flexibility index (Phi) is 3.76. The van der Waals surface area contributed by atoms with Gasteiger partial charge in [0.1, 0.15) is 18.3 Å². The number of amides is 1. The minimum Gasteiger partial charge on any atom is -0.347 e. The van der Waals surface area contributed by atoms with Crippen molar-refractivity contribution in [1.29, 1.82) is 0 Å². The fourth-order valence-corrected chi connectivity index (χ4v) is 2.96. The third kappa shape index (κ3) is 2.64. The number of aryl methyl sites for hydroxylation is 1. The van der Waals surface area contributed by atoms with Crippen molar-refractivity contribution in [2.24, 2.45) is 7.05 Å². The monoisotopic (exact) mass is 317 g/mol. The molecule has 3 heterocycles. The topological polar surface area (TPSA) is 81.8 Å². The number of carbonyl (C=O) groups excluding carboxylic acids is 1. The quantitative estimate of drug-likeness (QED) is 0.780. The summed E-state index contributed by atoms with van der Waals surface area (Å²) in [6, 6.07) is 3.82. The van der Waals surface area contributed by atoms with Crippen LogP contribution in [0.2, 0.25) is 0 Å². The van der Waals surface area contributed by atoms with Gasteiger partial charge >= 0.3 is 0 Å². The number of nitrogens with zero attached hydrogens (tertiary/aromatic N) is 4. The molecule has 8 heteroatoms. The Balaban J connectivity index is 1.77. The van der Waals surface area contributed by atoms with E-state index >= 15 is 0 Å². The maximum absolute atomic E-state index is 12.3. The summed E-state index contributed by atoms with van der Waals surface area (Å²) in [5.41, 5.74) is 0.241. The average Bonchev–Trinajstić information content (AvgIpc) is 3.12. The normalized spacial score (nSPS) is 12.5. The van der Waals surface area contributed by atoms with E-state index in [-0.39, 0.29) is 24.1 Å². The molecule has 0 radical (unpaired) electrons. The fourth-order valence-electron chi connectivity index (χ4n) is 2.23. The van der Waals surface area contributed by atoms with E-state index < -0.39 is 0 Å². The van der Waals surface area contributed by atoms with Gasteiger partial charge in [0.15, 0.2) is 5.65 Å². The van der Waals surface area contributed by atoms with E-state index in [2.05, 4.69) is 15.4 Å². The molecule has 0 bridgehead atoms. The second-order valence-electron chi connectivity index (χ2n) is 4.99. The molecule has 3 aromatic rings. The van der Waals surface area contributed by atoms with Crippen LogP contribution in [0, 0.1) is 0 Å². The molecule has 1 atom stereocenters. The molecule has 1 N–H and O–H groups in total. The highest BCUT2D eigenvalue weighted by molar-refractivity contribution is 7.10. The highest BCUT2D eigenvalue weighted by Gasteiger charge is 2.13. The van der Waals surface area contributed by atoms with Crippen molar-refractivity contribution in [1.82, 2.24) is 24.6 Å². The smallest absolute Gasteiger partial charge is 0.264 e. The average molecular weight is 317 g/mol. The van der Waals surface area contributed by atoms with Crippen LogP contribution in [0.25, 0.3) is 11.0 Å². The molecule has 22 heavy (non-hydrogen) atoms. The molecular formula is C14H15N5O2S. The molecule has 0 aliphatic carbocycles. The minimum absolute atomic E-state index is 0.0631. The molecule has 0 fully saturated rings. The Labute approximate surface area is 130 Å². The van der Waals surface area contributed by atoms with Gasteiger partial charge in [-0.15, -0.1) is 11.3 Å². The minimum atomic E-state index is -0.267. The van der Waals surface area contributed by atoms with Crippen molar-refractivity contribution in [3.05, 3.63) is 45.3 Å². The van der Waals surface area contributed by atoms with Gasteiger partial charge in [0.05, 0.1) is 12.2 Å². The second kappa shape index (κ2) is 5.72. The molecular weight excluding hydrogens is 302 g/mol. The lowest BCUT2D eigenvalue weighted by Gasteiger charge is -2.12. The summed E-state index contributed by atoms with van der Waals surface area (Å²) in [5.74, 6) is -0.229. The van der Waals surface area contributed by atoms with Crippen molar-refractivity contribution in [3.63, 3.8) is 0 Å². The summed E-state index contributed by atoms with van der Waals surface area (Å²) in [7, 11) is 1.72. The number of thiophene rings is 1. The van der Waals surface area contributed by atoms with Crippen LogP contribution in [0.3, 0.4) is 0 Å². The van der Waals surface area contributed by atoms with Crippen LogP contribution in [0.1, 0.15) is 17.8 Å². The summed E-state index contributed by atoms with van der Waals surface area (Å²) >= 11 is 1.58. The first-order valence-electron chi connectivity index (χ1n) is 6.76. The van der Waals surface area contributed by atoms with Gasteiger partial charge in [0, 0.05) is 11.9 Å². The first-order chi connectivity index (χ1) is 10.6. The summed E-state index contributed by atoms with van der Waals surface area (Å²) in [5, 5.41) is 9.24. The summed E-state index contributed by atoms with van der Waals surface area (Å²) < 4.78 is 2.82. The number of rotatable bonds is 4. The lowest BCUT2D eigenvalue weighted by Crippen LogP contribution is -2.33. The van der Waals surface area contributed by atoms with Crippen LogP contribution in [0.15, 0.2) is 34.8 Å². The first-order valence-corrected chi connectivity index (χ1v) is 7.64. The second-order valence-corrected chi connectivity index (χ2v) is 5.97. The zero-order valence-corrected chi connectivity index (χ0v) is 13.0. The highest BCUT2D eigenvalue weighted by Crippen LogP contribution is 2.17. The van der Waals surface area contributed by atoms with Gasteiger partial charge < -0.3 is 5.32 Å². The van der Waals surface area contributed by atoms with E-state index in [9.17, 15) is 9.59 Å². The Morgan fingerprint density at radius 1 is 1.50 bits per heavy atom. The van der Waals surface area contributed by atoms with Crippen LogP contribution in [0.4, 0.5) is 0 Å². The van der Waals surface area contributed by atoms with Crippen LogP contribution in [-0.2, 0) is 18.4 Å². The van der Waals surface area contributed by atoms with Gasteiger partial charge in [0.25, 0.3) is 5.56 Å². The van der Waals surface area contributed by atoms with Crippen molar-refractivity contribution in [2.75, 3.05) is 0 Å². The lowest BCUT2D eigenvalue weighted by molar-refractivity contribution is -0.122. The zero-order valence-electron chi connectivity index (χ0n) is 12.2. The number of hydrogen-bond acceptors (Lipinski definition) is 5. The van der Waals surface area contributed by atoms with Crippen LogP contribution >= 0.6 is 11.3 Å². The lowest BCUT2D eigenvalue weighted by atomic mass is 10.3. The van der Waals surface area contributed by atoms with Crippen LogP contribution in [-0.4, -0.2) is 25.2 Å². The van der Waals surface area contributed by atoms with Gasteiger partial charge in [-0.25, -0.2) is 4.98 Å². The number of hydrogen-bond donors (Lipinski definition) is 1. The Morgan fingerprint density at radius 2 is 2.32 bits per heavy atom. The molecule has 3 rings (SSSR count). The number of nitrogens with one attached hydrogen (secondary N) is 1. The fraction of sp³-hybridized carbons (Fsp3) is 0.286. The molecule has 0 aliphatic rings. The molecule has 0 saturated heterocycles. The van der Waals surface area contributed by atoms with E-state index in [4.69, 9.17) is 0 Å². The molecule has 1 amide bonds. The molecule has 0 aromatic carbocycles. The van der Waals surface area contributed by atoms with Gasteiger partial charge in [-0.2, -0.15) is 5.10 Å². The summed E-state index contributed by atoms with van der Waals surface area (Å²) in [6.45, 7) is 1.85. The van der Waals surface area contributed by atoms with Crippen LogP contribution in [0.5, 0.6) is 0 Å². The van der Waals surface area contributed by atoms with Crippen molar-refractivity contribution in [2.45, 2.75) is 19.5 Å². The van der Waals surface area contributed by atoms with E-state index in [0.29, 0.717) is 11.0 Å².